The average molecular weight is 341 g/mol. The van der Waals surface area contributed by atoms with Crippen molar-refractivity contribution in [1.82, 2.24) is 10.3 Å². The summed E-state index contributed by atoms with van der Waals surface area (Å²) in [4.78, 5) is 13.7. The maximum absolute atomic E-state index is 12.1. The summed E-state index contributed by atoms with van der Waals surface area (Å²) >= 11 is 5.89. The van der Waals surface area contributed by atoms with E-state index in [0.717, 1.165) is 5.56 Å². The van der Waals surface area contributed by atoms with Gasteiger partial charge in [0.15, 0.2) is 0 Å². The van der Waals surface area contributed by atoms with Crippen LogP contribution >= 0.6 is 11.6 Å². The summed E-state index contributed by atoms with van der Waals surface area (Å²) in [7, 11) is -3.96. The molecule has 1 amide bonds. The standard InChI is InChI=1S/C14H13ClN2O4S/c1-9-6-7-10(8-12(9)15)22(20,21)17-16-14(19)11-4-2-3-5-13(11)18/h2-8,17-18H,1H3,(H,16,19). The number of benzene rings is 2. The Morgan fingerprint density at radius 3 is 2.50 bits per heavy atom. The highest BCUT2D eigenvalue weighted by Crippen LogP contribution is 2.20. The van der Waals surface area contributed by atoms with Crippen LogP contribution in [-0.2, 0) is 10.0 Å². The van der Waals surface area contributed by atoms with Crippen molar-refractivity contribution in [2.24, 2.45) is 0 Å². The number of halogens is 1. The lowest BCUT2D eigenvalue weighted by Gasteiger charge is -2.10. The first-order chi connectivity index (χ1) is 10.3. The zero-order chi connectivity index (χ0) is 16.3. The molecular weight excluding hydrogens is 328 g/mol. The van der Waals surface area contributed by atoms with Crippen molar-refractivity contribution in [1.29, 1.82) is 0 Å². The van der Waals surface area contributed by atoms with Crippen molar-refractivity contribution in [3.63, 3.8) is 0 Å². The number of hydrazine groups is 1. The Hall–Kier alpha value is -2.09. The van der Waals surface area contributed by atoms with Crippen LogP contribution in [0.1, 0.15) is 15.9 Å². The molecule has 0 spiro atoms. The molecule has 0 aliphatic heterocycles. The van der Waals surface area contributed by atoms with E-state index >= 15 is 0 Å². The molecule has 0 bridgehead atoms. The number of aromatic hydroxyl groups is 1. The van der Waals surface area contributed by atoms with Crippen molar-refractivity contribution >= 4 is 27.5 Å². The van der Waals surface area contributed by atoms with E-state index in [4.69, 9.17) is 11.6 Å². The fraction of sp³-hybridized carbons (Fsp3) is 0.0714. The number of phenolic OH excluding ortho intramolecular Hbond substituents is 1. The molecule has 8 heteroatoms. The Labute approximate surface area is 132 Å². The summed E-state index contributed by atoms with van der Waals surface area (Å²) in [5, 5.41) is 9.84. The van der Waals surface area contributed by atoms with Crippen LogP contribution in [0.15, 0.2) is 47.4 Å². The van der Waals surface area contributed by atoms with E-state index in [1.54, 1.807) is 25.1 Å². The van der Waals surface area contributed by atoms with Gasteiger partial charge in [-0.1, -0.05) is 29.8 Å². The smallest absolute Gasteiger partial charge is 0.269 e. The van der Waals surface area contributed by atoms with E-state index in [2.05, 4.69) is 0 Å². The van der Waals surface area contributed by atoms with E-state index in [1.165, 1.54) is 24.3 Å². The van der Waals surface area contributed by atoms with E-state index in [1.807, 2.05) is 10.3 Å². The number of sulfonamides is 1. The van der Waals surface area contributed by atoms with Crippen LogP contribution in [-0.4, -0.2) is 19.4 Å². The van der Waals surface area contributed by atoms with Crippen LogP contribution in [0.25, 0.3) is 0 Å². The van der Waals surface area contributed by atoms with Crippen molar-refractivity contribution in [3.8, 4) is 5.75 Å². The molecule has 0 radical (unpaired) electrons. The van der Waals surface area contributed by atoms with Gasteiger partial charge < -0.3 is 5.11 Å². The van der Waals surface area contributed by atoms with Crippen molar-refractivity contribution in [3.05, 3.63) is 58.6 Å². The fourth-order valence-electron chi connectivity index (χ4n) is 1.65. The minimum Gasteiger partial charge on any atom is -0.507 e. The van der Waals surface area contributed by atoms with Crippen LogP contribution in [0.4, 0.5) is 0 Å². The number of aryl methyl sites for hydroxylation is 1. The third-order valence-corrected chi connectivity index (χ3v) is 4.55. The number of hydrogen-bond acceptors (Lipinski definition) is 4. The first kappa shape index (κ1) is 16.3. The highest BCUT2D eigenvalue weighted by molar-refractivity contribution is 7.89. The summed E-state index contributed by atoms with van der Waals surface area (Å²) in [6.07, 6.45) is 0. The molecule has 0 fully saturated rings. The van der Waals surface area contributed by atoms with E-state index in [-0.39, 0.29) is 16.2 Å². The lowest BCUT2D eigenvalue weighted by Crippen LogP contribution is -2.41. The molecule has 2 aromatic rings. The van der Waals surface area contributed by atoms with Gasteiger partial charge >= 0.3 is 0 Å². The van der Waals surface area contributed by atoms with Crippen LogP contribution in [0.5, 0.6) is 5.75 Å². The van der Waals surface area contributed by atoms with Gasteiger partial charge in [-0.25, -0.2) is 8.42 Å². The molecule has 2 aromatic carbocycles. The zero-order valence-corrected chi connectivity index (χ0v) is 13.1. The van der Waals surface area contributed by atoms with Gasteiger partial charge in [0.05, 0.1) is 10.5 Å². The Kier molecular flexibility index (Phi) is 4.70. The van der Waals surface area contributed by atoms with Gasteiger partial charge in [-0.3, -0.25) is 10.2 Å². The topological polar surface area (TPSA) is 95.5 Å². The summed E-state index contributed by atoms with van der Waals surface area (Å²) < 4.78 is 24.1. The number of hydrogen-bond donors (Lipinski definition) is 3. The molecule has 0 aliphatic rings. The van der Waals surface area contributed by atoms with Gasteiger partial charge in [0.1, 0.15) is 5.75 Å². The van der Waals surface area contributed by atoms with Crippen LogP contribution in [0, 0.1) is 6.92 Å². The molecule has 0 heterocycles. The summed E-state index contributed by atoms with van der Waals surface area (Å²) in [6.45, 7) is 1.74. The molecule has 2 rings (SSSR count). The maximum Gasteiger partial charge on any atom is 0.269 e. The van der Waals surface area contributed by atoms with Crippen molar-refractivity contribution in [2.75, 3.05) is 0 Å². The molecule has 3 N–H and O–H groups in total. The lowest BCUT2D eigenvalue weighted by atomic mass is 10.2. The zero-order valence-electron chi connectivity index (χ0n) is 11.5. The number of carbonyl (C=O) groups excluding carboxylic acids is 1. The number of rotatable bonds is 4. The first-order valence-corrected chi connectivity index (χ1v) is 8.03. The van der Waals surface area contributed by atoms with Gasteiger partial charge in [-0.15, -0.1) is 4.83 Å². The SMILES string of the molecule is Cc1ccc(S(=O)(=O)NNC(=O)c2ccccc2O)cc1Cl. The molecule has 0 aromatic heterocycles. The second-order valence-electron chi connectivity index (χ2n) is 4.49. The fourth-order valence-corrected chi connectivity index (χ4v) is 2.76. The Morgan fingerprint density at radius 1 is 1.18 bits per heavy atom. The van der Waals surface area contributed by atoms with E-state index in [9.17, 15) is 18.3 Å². The molecule has 0 saturated carbocycles. The Balaban J connectivity index is 2.14. The van der Waals surface area contributed by atoms with E-state index < -0.39 is 15.9 Å². The monoisotopic (exact) mass is 340 g/mol. The Morgan fingerprint density at radius 2 is 1.86 bits per heavy atom. The van der Waals surface area contributed by atoms with Gasteiger partial charge in [0, 0.05) is 5.02 Å². The second-order valence-corrected chi connectivity index (χ2v) is 6.58. The highest BCUT2D eigenvalue weighted by atomic mass is 35.5. The molecule has 22 heavy (non-hydrogen) atoms. The third-order valence-electron chi connectivity index (χ3n) is 2.90. The number of para-hydroxylation sites is 1. The highest BCUT2D eigenvalue weighted by Gasteiger charge is 2.17. The third kappa shape index (κ3) is 3.56. The minimum absolute atomic E-state index is 0.0489. The average Bonchev–Trinajstić information content (AvgIpc) is 2.48. The summed E-state index contributed by atoms with van der Waals surface area (Å²) in [5.41, 5.74) is 2.72. The molecule has 116 valence electrons. The summed E-state index contributed by atoms with van der Waals surface area (Å²) in [6, 6.07) is 9.99. The van der Waals surface area contributed by atoms with Gasteiger partial charge in [-0.05, 0) is 36.8 Å². The number of amides is 1. The predicted octanol–water partition coefficient (Wildman–Crippen LogP) is 1.98. The molecular formula is C14H13ClN2O4S. The lowest BCUT2D eigenvalue weighted by molar-refractivity contribution is 0.0942. The number of phenols is 1. The van der Waals surface area contributed by atoms with Crippen molar-refractivity contribution < 1.29 is 18.3 Å². The minimum atomic E-state index is -3.96. The number of nitrogens with one attached hydrogen (secondary N) is 2. The second kappa shape index (κ2) is 6.35. The maximum atomic E-state index is 12.1. The van der Waals surface area contributed by atoms with Crippen LogP contribution in [0.3, 0.4) is 0 Å². The van der Waals surface area contributed by atoms with Gasteiger partial charge in [0.25, 0.3) is 15.9 Å². The predicted molar refractivity (Wildman–Crippen MR) is 82.1 cm³/mol. The van der Waals surface area contributed by atoms with Crippen molar-refractivity contribution in [2.45, 2.75) is 11.8 Å². The Bertz CT molecular complexity index is 821. The van der Waals surface area contributed by atoms with E-state index in [0.29, 0.717) is 5.02 Å². The normalized spacial score (nSPS) is 11.2. The largest absolute Gasteiger partial charge is 0.507 e. The molecule has 0 atom stereocenters. The summed E-state index contributed by atoms with van der Waals surface area (Å²) in [5.74, 6) is -1.03. The molecule has 0 unspecified atom stereocenters. The molecule has 0 aliphatic carbocycles. The quantitative estimate of drug-likeness (QED) is 0.741. The van der Waals surface area contributed by atoms with Gasteiger partial charge in [0.2, 0.25) is 0 Å². The number of carbonyl (C=O) groups is 1. The van der Waals surface area contributed by atoms with Crippen LogP contribution in [0.2, 0.25) is 5.02 Å². The molecule has 6 nitrogen and oxygen atoms in total. The van der Waals surface area contributed by atoms with Crippen LogP contribution < -0.4 is 10.3 Å². The van der Waals surface area contributed by atoms with Gasteiger partial charge in [-0.2, -0.15) is 0 Å². The first-order valence-electron chi connectivity index (χ1n) is 6.17. The molecule has 0 saturated heterocycles.